The number of aliphatic hydroxyl groups is 1. The summed E-state index contributed by atoms with van der Waals surface area (Å²) in [6.45, 7) is 7.24. The van der Waals surface area contributed by atoms with E-state index in [2.05, 4.69) is 32.0 Å². The van der Waals surface area contributed by atoms with E-state index in [1.54, 1.807) is 7.11 Å². The zero-order valence-corrected chi connectivity index (χ0v) is 25.4. The molecule has 3 aromatic rings. The highest BCUT2D eigenvalue weighted by Gasteiger charge is 2.41. The van der Waals surface area contributed by atoms with Crippen molar-refractivity contribution in [3.8, 4) is 17.2 Å². The molecule has 5 rings (SSSR count). The van der Waals surface area contributed by atoms with E-state index >= 15 is 0 Å². The van der Waals surface area contributed by atoms with Crippen LogP contribution in [0, 0.1) is 11.8 Å². The van der Waals surface area contributed by atoms with Gasteiger partial charge in [-0.2, -0.15) is 0 Å². The first kappa shape index (κ1) is 31.4. The first-order chi connectivity index (χ1) is 20.5. The van der Waals surface area contributed by atoms with Crippen molar-refractivity contribution in [1.29, 1.82) is 0 Å². The Hall–Kier alpha value is -3.58. The highest BCUT2D eigenvalue weighted by molar-refractivity contribution is 5.77. The zero-order chi connectivity index (χ0) is 29.9. The van der Waals surface area contributed by atoms with Gasteiger partial charge in [0.25, 0.3) is 0 Å². The minimum Gasteiger partial charge on any atom is -0.497 e. The molecule has 2 aromatic carbocycles. The lowest BCUT2D eigenvalue weighted by atomic mass is 9.83. The van der Waals surface area contributed by atoms with Gasteiger partial charge in [-0.3, -0.25) is 9.78 Å². The third kappa shape index (κ3) is 7.82. The molecule has 0 amide bonds. The Balaban J connectivity index is 0.000000377. The van der Waals surface area contributed by atoms with Crippen LogP contribution >= 0.6 is 0 Å². The molecule has 1 aliphatic heterocycles. The summed E-state index contributed by atoms with van der Waals surface area (Å²) in [4.78, 5) is 18.3. The van der Waals surface area contributed by atoms with Crippen molar-refractivity contribution in [1.82, 2.24) is 4.98 Å². The number of hydrogen-bond donors (Lipinski definition) is 1. The second kappa shape index (κ2) is 15.6. The number of esters is 1. The van der Waals surface area contributed by atoms with E-state index in [-0.39, 0.29) is 30.3 Å². The number of aliphatic hydroxyl groups excluding tert-OH is 1. The molecule has 0 spiro atoms. The van der Waals surface area contributed by atoms with Crippen LogP contribution in [0.2, 0.25) is 0 Å². The van der Waals surface area contributed by atoms with Crippen LogP contribution in [0.4, 0.5) is 0 Å². The molecule has 0 saturated heterocycles. The molecule has 0 bridgehead atoms. The van der Waals surface area contributed by atoms with Gasteiger partial charge >= 0.3 is 5.97 Å². The fourth-order valence-electron chi connectivity index (χ4n) is 5.51. The number of benzene rings is 2. The number of hydrogen-bond acceptors (Lipinski definition) is 7. The molecule has 1 aliphatic carbocycles. The van der Waals surface area contributed by atoms with Crippen LogP contribution in [0.1, 0.15) is 80.5 Å². The molecule has 1 aromatic heterocycles. The summed E-state index contributed by atoms with van der Waals surface area (Å²) in [7, 11) is 1.66. The van der Waals surface area contributed by atoms with Gasteiger partial charge in [0, 0.05) is 18.2 Å². The van der Waals surface area contributed by atoms with Crippen LogP contribution in [0.5, 0.6) is 17.2 Å². The number of rotatable bonds is 12. The third-order valence-corrected chi connectivity index (χ3v) is 7.88. The van der Waals surface area contributed by atoms with Crippen molar-refractivity contribution in [3.63, 3.8) is 0 Å². The van der Waals surface area contributed by atoms with Crippen LogP contribution in [-0.4, -0.2) is 43.2 Å². The summed E-state index contributed by atoms with van der Waals surface area (Å²) < 4.78 is 21.3. The monoisotopic (exact) mass is 575 g/mol. The molecule has 2 aliphatic rings. The van der Waals surface area contributed by atoms with Gasteiger partial charge in [0.2, 0.25) is 6.79 Å². The predicted molar refractivity (Wildman–Crippen MR) is 163 cm³/mol. The number of nitrogens with zero attached hydrogens (tertiary/aromatic N) is 1. The standard InChI is InChI=1S/C28H39NO4.C7H6O2/c1-5-7-9-22-11-10-20-17-25(28(31)33-14-8-6-2)26(27(20)29-22)24-13-12-23(32-4)16-21(24)15-19(3)18-30;1-2-4-7-6(3-1)8-5-9-7/h10-13,16,19,25-26,30H,5-9,14-15,17-18H2,1-4H3;1-4H,5H2/t19?,25-,26+;/m1./s1. The van der Waals surface area contributed by atoms with Gasteiger partial charge in [-0.25, -0.2) is 0 Å². The Morgan fingerprint density at radius 1 is 1.05 bits per heavy atom. The van der Waals surface area contributed by atoms with Crippen LogP contribution < -0.4 is 14.2 Å². The number of unbranched alkanes of at least 4 members (excludes halogenated alkanes) is 2. The number of aromatic nitrogens is 1. The Morgan fingerprint density at radius 2 is 1.79 bits per heavy atom. The van der Waals surface area contributed by atoms with E-state index in [4.69, 9.17) is 23.9 Å². The molecule has 0 fully saturated rings. The summed E-state index contributed by atoms with van der Waals surface area (Å²) in [6, 6.07) is 18.0. The fourth-order valence-corrected chi connectivity index (χ4v) is 5.51. The van der Waals surface area contributed by atoms with Crippen LogP contribution in [-0.2, 0) is 28.8 Å². The molecular weight excluding hydrogens is 530 g/mol. The van der Waals surface area contributed by atoms with Crippen molar-refractivity contribution in [3.05, 3.63) is 82.7 Å². The lowest BCUT2D eigenvalue weighted by molar-refractivity contribution is -0.148. The van der Waals surface area contributed by atoms with Crippen molar-refractivity contribution >= 4 is 5.97 Å². The number of ether oxygens (including phenoxy) is 4. The van der Waals surface area contributed by atoms with Crippen LogP contribution in [0.15, 0.2) is 54.6 Å². The second-order valence-corrected chi connectivity index (χ2v) is 11.2. The smallest absolute Gasteiger partial charge is 0.310 e. The summed E-state index contributed by atoms with van der Waals surface area (Å²) in [5.74, 6) is 2.00. The number of pyridine rings is 1. The first-order valence-corrected chi connectivity index (χ1v) is 15.3. The normalized spacial score (nSPS) is 17.2. The molecule has 1 unspecified atom stereocenters. The largest absolute Gasteiger partial charge is 0.497 e. The number of carbonyl (C=O) groups excluding carboxylic acids is 1. The van der Waals surface area contributed by atoms with Crippen molar-refractivity contribution < 1.29 is 28.8 Å². The first-order valence-electron chi connectivity index (χ1n) is 15.3. The maximum Gasteiger partial charge on any atom is 0.310 e. The molecule has 0 saturated carbocycles. The van der Waals surface area contributed by atoms with Gasteiger partial charge in [-0.15, -0.1) is 0 Å². The zero-order valence-electron chi connectivity index (χ0n) is 25.4. The maximum atomic E-state index is 13.2. The number of para-hydroxylation sites is 2. The Morgan fingerprint density at radius 3 is 2.45 bits per heavy atom. The molecule has 3 atom stereocenters. The minimum atomic E-state index is -0.289. The van der Waals surface area contributed by atoms with Crippen molar-refractivity contribution in [2.24, 2.45) is 11.8 Å². The van der Waals surface area contributed by atoms with Crippen LogP contribution in [0.25, 0.3) is 0 Å². The molecule has 7 nitrogen and oxygen atoms in total. The van der Waals surface area contributed by atoms with Gasteiger partial charge < -0.3 is 24.1 Å². The lowest BCUT2D eigenvalue weighted by Crippen LogP contribution is -2.24. The molecule has 7 heteroatoms. The Kier molecular flexibility index (Phi) is 11.6. The molecule has 42 heavy (non-hydrogen) atoms. The third-order valence-electron chi connectivity index (χ3n) is 7.88. The van der Waals surface area contributed by atoms with E-state index in [1.807, 2.05) is 43.3 Å². The second-order valence-electron chi connectivity index (χ2n) is 11.2. The lowest BCUT2D eigenvalue weighted by Gasteiger charge is -2.24. The number of aryl methyl sites for hydroxylation is 1. The molecule has 226 valence electrons. The van der Waals surface area contributed by atoms with Gasteiger partial charge in [-0.05, 0) is 85.0 Å². The molecule has 2 heterocycles. The van der Waals surface area contributed by atoms with E-state index in [9.17, 15) is 9.90 Å². The summed E-state index contributed by atoms with van der Waals surface area (Å²) in [5.41, 5.74) is 5.41. The molecular formula is C35H45NO6. The maximum absolute atomic E-state index is 13.2. The summed E-state index contributed by atoms with van der Waals surface area (Å²) >= 11 is 0. The highest BCUT2D eigenvalue weighted by Crippen LogP contribution is 2.44. The highest BCUT2D eigenvalue weighted by atomic mass is 16.7. The number of fused-ring (bicyclic) bond motifs is 2. The average Bonchev–Trinajstić information content (AvgIpc) is 3.65. The quantitative estimate of drug-likeness (QED) is 0.191. The predicted octanol–water partition coefficient (Wildman–Crippen LogP) is 6.67. The van der Waals surface area contributed by atoms with E-state index < -0.39 is 0 Å². The van der Waals surface area contributed by atoms with E-state index in [0.29, 0.717) is 26.2 Å². The van der Waals surface area contributed by atoms with Crippen molar-refractivity contribution in [2.75, 3.05) is 27.1 Å². The Labute approximate surface area is 250 Å². The van der Waals surface area contributed by atoms with Crippen LogP contribution in [0.3, 0.4) is 0 Å². The molecule has 0 radical (unpaired) electrons. The summed E-state index contributed by atoms with van der Waals surface area (Å²) in [6.07, 6.45) is 6.38. The minimum absolute atomic E-state index is 0.107. The van der Waals surface area contributed by atoms with Gasteiger partial charge in [0.05, 0.1) is 25.3 Å². The Bertz CT molecular complexity index is 1290. The summed E-state index contributed by atoms with van der Waals surface area (Å²) in [5, 5.41) is 9.70. The SMILES string of the molecule is CCCCOC(=O)[C@@H]1Cc2ccc(CCCC)nc2[C@H]1c1ccc(OC)cc1CC(C)CO.c1ccc2c(c1)OCO2. The van der Waals surface area contributed by atoms with Crippen molar-refractivity contribution in [2.45, 2.75) is 71.6 Å². The van der Waals surface area contributed by atoms with Gasteiger partial charge in [-0.1, -0.05) is 57.9 Å². The number of carbonyl (C=O) groups is 1. The number of methoxy groups -OCH3 is 1. The topological polar surface area (TPSA) is 87.1 Å². The van der Waals surface area contributed by atoms with E-state index in [1.165, 1.54) is 0 Å². The fraction of sp³-hybridized carbons (Fsp3) is 0.486. The van der Waals surface area contributed by atoms with Gasteiger partial charge in [0.1, 0.15) is 5.75 Å². The van der Waals surface area contributed by atoms with Gasteiger partial charge in [0.15, 0.2) is 11.5 Å². The molecule has 1 N–H and O–H groups in total. The average molecular weight is 576 g/mol. The van der Waals surface area contributed by atoms with E-state index in [0.717, 1.165) is 77.4 Å².